The maximum absolute atomic E-state index is 14.0. The molecule has 4 aliphatic rings. The molecule has 0 aromatic heterocycles. The average molecular weight is 541 g/mol. The fraction of sp³-hybridized carbons (Fsp3) is 0.536. The monoisotopic (exact) mass is 540 g/mol. The highest BCUT2D eigenvalue weighted by Crippen LogP contribution is 2.53. The van der Waals surface area contributed by atoms with Gasteiger partial charge in [0.15, 0.2) is 11.4 Å². The van der Waals surface area contributed by atoms with E-state index in [2.05, 4.69) is 4.90 Å². The molecule has 0 bridgehead atoms. The number of likely N-dealkylation sites (N-methyl/N-ethyl adjacent to an activating group) is 1. The number of carbonyl (C=O) groups excluding carboxylic acids is 3. The van der Waals surface area contributed by atoms with Crippen molar-refractivity contribution in [3.63, 3.8) is 0 Å². The Balaban J connectivity index is 1.67. The number of amides is 1. The molecule has 1 aromatic rings. The van der Waals surface area contributed by atoms with E-state index >= 15 is 0 Å². The van der Waals surface area contributed by atoms with Gasteiger partial charge >= 0.3 is 0 Å². The largest absolute Gasteiger partial charge is 0.507 e. The number of ketones is 2. The number of nitrogens with two attached hydrogens (primary N) is 1. The van der Waals surface area contributed by atoms with Gasteiger partial charge in [-0.2, -0.15) is 0 Å². The van der Waals surface area contributed by atoms with E-state index in [1.807, 2.05) is 37.2 Å². The maximum atomic E-state index is 14.0. The number of nitrogens with zero attached hydrogens (tertiary/aromatic N) is 3. The van der Waals surface area contributed by atoms with E-state index in [-0.39, 0.29) is 29.7 Å². The molecule has 0 radical (unpaired) electrons. The standard InChI is InChI=1S/C28H36N4O7/c1-30(2)17-11-14(12-32-7-5-6-8-32)22(33)19-15(17)9-13-10-16-21(31(3)4)24(35)20(27(29)38)26(37)28(16,39)25(36)18(13)23(19)34/h5-6,11,13,16,20-21,24,33-35,39H,7-10,12H2,1-4H3,(H2,29,38)/t13-,16-,20?,21-,24?,28-/m1/s1. The van der Waals surface area contributed by atoms with Crippen molar-refractivity contribution in [3.8, 4) is 5.75 Å². The van der Waals surface area contributed by atoms with E-state index in [0.29, 0.717) is 17.7 Å². The summed E-state index contributed by atoms with van der Waals surface area (Å²) in [5, 5.41) is 45.7. The predicted molar refractivity (Wildman–Crippen MR) is 143 cm³/mol. The topological polar surface area (TPSA) is 168 Å². The molecule has 1 aliphatic heterocycles. The van der Waals surface area contributed by atoms with Crippen LogP contribution in [0.1, 0.15) is 23.1 Å². The van der Waals surface area contributed by atoms with Crippen LogP contribution < -0.4 is 10.6 Å². The molecule has 210 valence electrons. The number of primary amides is 1. The SMILES string of the molecule is CN(C)c1cc(CN2CC=CC2)c(O)c2c1C[C@@H]1C[C@@H]3[C@@H](N(C)C)C(O)C(C(N)=O)C(=O)[C@]3(O)C(=O)C1=C2O. The zero-order valence-electron chi connectivity index (χ0n) is 22.6. The van der Waals surface area contributed by atoms with E-state index in [1.165, 1.54) is 0 Å². The molecule has 5 rings (SSSR count). The Labute approximate surface area is 226 Å². The van der Waals surface area contributed by atoms with E-state index in [9.17, 15) is 34.8 Å². The van der Waals surface area contributed by atoms with Crippen LogP contribution in [0.25, 0.3) is 5.76 Å². The number of anilines is 1. The van der Waals surface area contributed by atoms with Crippen LogP contribution in [-0.2, 0) is 27.3 Å². The summed E-state index contributed by atoms with van der Waals surface area (Å²) < 4.78 is 0. The number of carbonyl (C=O) groups is 3. The fourth-order valence-electron chi connectivity index (χ4n) is 7.12. The quantitative estimate of drug-likeness (QED) is 0.244. The number of benzene rings is 1. The molecular formula is C28H36N4O7. The smallest absolute Gasteiger partial charge is 0.230 e. The molecule has 1 heterocycles. The van der Waals surface area contributed by atoms with Gasteiger partial charge in [-0.1, -0.05) is 12.2 Å². The molecule has 1 amide bonds. The minimum atomic E-state index is -2.66. The normalized spacial score (nSPS) is 32.3. The number of rotatable bonds is 5. The van der Waals surface area contributed by atoms with Crippen LogP contribution in [0, 0.1) is 17.8 Å². The third kappa shape index (κ3) is 3.90. The zero-order chi connectivity index (χ0) is 28.5. The number of aliphatic hydroxyl groups excluding tert-OH is 2. The summed E-state index contributed by atoms with van der Waals surface area (Å²) in [5.41, 5.74) is 4.75. The van der Waals surface area contributed by atoms with Crippen molar-refractivity contribution in [2.75, 3.05) is 46.2 Å². The molecule has 6 N–H and O–H groups in total. The second kappa shape index (κ2) is 9.44. The highest BCUT2D eigenvalue weighted by Gasteiger charge is 2.67. The molecule has 6 atom stereocenters. The molecule has 2 fully saturated rings. The van der Waals surface area contributed by atoms with Crippen molar-refractivity contribution in [2.45, 2.75) is 37.1 Å². The van der Waals surface area contributed by atoms with Gasteiger partial charge in [-0.15, -0.1) is 0 Å². The van der Waals surface area contributed by atoms with Gasteiger partial charge in [0, 0.05) is 62.5 Å². The molecule has 1 aromatic carbocycles. The minimum absolute atomic E-state index is 0.0903. The molecule has 2 saturated carbocycles. The first kappa shape index (κ1) is 27.3. The second-order valence-corrected chi connectivity index (χ2v) is 11.6. The summed E-state index contributed by atoms with van der Waals surface area (Å²) in [6.45, 7) is 1.86. The Morgan fingerprint density at radius 3 is 2.36 bits per heavy atom. The summed E-state index contributed by atoms with van der Waals surface area (Å²) in [6, 6.07) is 0.970. The van der Waals surface area contributed by atoms with Crippen LogP contribution >= 0.6 is 0 Å². The van der Waals surface area contributed by atoms with Crippen LogP contribution in [0.15, 0.2) is 23.8 Å². The van der Waals surface area contributed by atoms with Crippen LogP contribution in [0.5, 0.6) is 5.75 Å². The van der Waals surface area contributed by atoms with Crippen molar-refractivity contribution in [1.82, 2.24) is 9.80 Å². The van der Waals surface area contributed by atoms with Gasteiger partial charge < -0.3 is 36.0 Å². The van der Waals surface area contributed by atoms with Crippen LogP contribution in [-0.4, -0.2) is 107 Å². The van der Waals surface area contributed by atoms with Gasteiger partial charge in [-0.25, -0.2) is 0 Å². The second-order valence-electron chi connectivity index (χ2n) is 11.6. The van der Waals surface area contributed by atoms with Crippen molar-refractivity contribution < 1.29 is 34.8 Å². The lowest BCUT2D eigenvalue weighted by Gasteiger charge is -2.53. The van der Waals surface area contributed by atoms with E-state index < -0.39 is 58.7 Å². The number of hydrogen-bond donors (Lipinski definition) is 5. The molecule has 39 heavy (non-hydrogen) atoms. The van der Waals surface area contributed by atoms with Crippen LogP contribution in [0.4, 0.5) is 5.69 Å². The number of aromatic hydroxyl groups is 1. The van der Waals surface area contributed by atoms with Gasteiger partial charge in [-0.05, 0) is 44.5 Å². The number of Topliss-reactive ketones (excluding diaryl/α,β-unsaturated/α-hetero) is 2. The highest BCUT2D eigenvalue weighted by molar-refractivity contribution is 6.25. The summed E-state index contributed by atoms with van der Waals surface area (Å²) in [5.74, 6) is -7.35. The number of fused-ring (bicyclic) bond motifs is 3. The lowest BCUT2D eigenvalue weighted by molar-refractivity contribution is -0.184. The molecular weight excluding hydrogens is 504 g/mol. The average Bonchev–Trinajstić information content (AvgIpc) is 3.35. The van der Waals surface area contributed by atoms with Gasteiger partial charge in [-0.3, -0.25) is 19.3 Å². The summed E-state index contributed by atoms with van der Waals surface area (Å²) in [6.07, 6.45) is 2.91. The van der Waals surface area contributed by atoms with Crippen molar-refractivity contribution in [1.29, 1.82) is 0 Å². The summed E-state index contributed by atoms with van der Waals surface area (Å²) >= 11 is 0. The lowest BCUT2D eigenvalue weighted by Crippen LogP contribution is -2.73. The molecule has 2 unspecified atom stereocenters. The van der Waals surface area contributed by atoms with Crippen molar-refractivity contribution in [2.24, 2.45) is 23.5 Å². The third-order valence-electron chi connectivity index (χ3n) is 8.91. The lowest BCUT2D eigenvalue weighted by atomic mass is 9.54. The third-order valence-corrected chi connectivity index (χ3v) is 8.91. The van der Waals surface area contributed by atoms with Gasteiger partial charge in [0.25, 0.3) is 0 Å². The molecule has 11 heteroatoms. The molecule has 3 aliphatic carbocycles. The Morgan fingerprint density at radius 1 is 1.15 bits per heavy atom. The maximum Gasteiger partial charge on any atom is 0.230 e. The van der Waals surface area contributed by atoms with E-state index in [1.54, 1.807) is 19.0 Å². The molecule has 0 saturated heterocycles. The zero-order valence-corrected chi connectivity index (χ0v) is 22.6. The summed E-state index contributed by atoms with van der Waals surface area (Å²) in [7, 11) is 6.98. The van der Waals surface area contributed by atoms with Crippen LogP contribution in [0.3, 0.4) is 0 Å². The number of aliphatic hydroxyl groups is 3. The minimum Gasteiger partial charge on any atom is -0.507 e. The van der Waals surface area contributed by atoms with Gasteiger partial charge in [0.2, 0.25) is 11.7 Å². The molecule has 11 nitrogen and oxygen atoms in total. The first-order valence-electron chi connectivity index (χ1n) is 13.1. The van der Waals surface area contributed by atoms with E-state index in [0.717, 1.165) is 18.8 Å². The Kier molecular flexibility index (Phi) is 6.61. The highest BCUT2D eigenvalue weighted by atomic mass is 16.3. The summed E-state index contributed by atoms with van der Waals surface area (Å²) in [4.78, 5) is 45.3. The van der Waals surface area contributed by atoms with Crippen molar-refractivity contribution in [3.05, 3.63) is 40.5 Å². The Morgan fingerprint density at radius 2 is 1.79 bits per heavy atom. The Bertz CT molecular complexity index is 1310. The number of phenolic OH excluding ortho intramolecular Hbond substituents is 1. The van der Waals surface area contributed by atoms with E-state index in [4.69, 9.17) is 5.73 Å². The van der Waals surface area contributed by atoms with Crippen molar-refractivity contribution >= 4 is 28.9 Å². The van der Waals surface area contributed by atoms with Crippen LogP contribution in [0.2, 0.25) is 0 Å². The Hall–Kier alpha value is -3.25. The molecule has 0 spiro atoms. The van der Waals surface area contributed by atoms with Gasteiger partial charge in [0.05, 0.1) is 11.7 Å². The number of phenols is 1. The van der Waals surface area contributed by atoms with Gasteiger partial charge in [0.1, 0.15) is 17.4 Å². The first-order chi connectivity index (χ1) is 18.3. The number of hydrogen-bond acceptors (Lipinski definition) is 10. The first-order valence-corrected chi connectivity index (χ1v) is 13.1. The fourth-order valence-corrected chi connectivity index (χ4v) is 7.12. The predicted octanol–water partition coefficient (Wildman–Crippen LogP) is -0.433.